The lowest BCUT2D eigenvalue weighted by atomic mass is 10.1. The maximum Gasteiger partial charge on any atom is 0.417 e. The molecule has 0 fully saturated rings. The average Bonchev–Trinajstić information content (AvgIpc) is 3.21. The van der Waals surface area contributed by atoms with E-state index in [2.05, 4.69) is 24.7 Å². The van der Waals surface area contributed by atoms with Crippen LogP contribution in [0.1, 0.15) is 21.7 Å². The molecule has 0 bridgehead atoms. The number of H-pyrrole nitrogens is 1. The predicted octanol–water partition coefficient (Wildman–Crippen LogP) is 4.06. The molecule has 0 aliphatic heterocycles. The van der Waals surface area contributed by atoms with Crippen LogP contribution in [0.3, 0.4) is 0 Å². The highest BCUT2D eigenvalue weighted by atomic mass is 35.5. The zero-order chi connectivity index (χ0) is 23.1. The number of rotatable bonds is 5. The number of alkyl halides is 3. The van der Waals surface area contributed by atoms with Gasteiger partial charge in [0.05, 0.1) is 21.2 Å². The molecule has 0 saturated carbocycles. The number of nitrogens with one attached hydrogen (secondary N) is 2. The summed E-state index contributed by atoms with van der Waals surface area (Å²) in [5, 5.41) is -0.252. The first-order chi connectivity index (χ1) is 15.1. The molecular weight excluding hydrogens is 471 g/mol. The Hall–Kier alpha value is -3.51. The van der Waals surface area contributed by atoms with Crippen molar-refractivity contribution in [3.8, 4) is 0 Å². The lowest BCUT2D eigenvalue weighted by Crippen LogP contribution is -2.18. The van der Waals surface area contributed by atoms with Gasteiger partial charge >= 0.3 is 6.18 Å². The minimum absolute atomic E-state index is 0.0266. The van der Waals surface area contributed by atoms with Gasteiger partial charge in [0, 0.05) is 17.8 Å². The molecule has 3 aromatic heterocycles. The van der Waals surface area contributed by atoms with Crippen molar-refractivity contribution in [1.29, 1.82) is 0 Å². The van der Waals surface area contributed by atoms with Gasteiger partial charge in [0.2, 0.25) is 5.78 Å². The van der Waals surface area contributed by atoms with E-state index in [1.165, 1.54) is 18.3 Å². The molecule has 0 aliphatic carbocycles. The number of carbonyl (C=O) groups is 1. The van der Waals surface area contributed by atoms with Gasteiger partial charge in [-0.1, -0.05) is 11.6 Å². The van der Waals surface area contributed by atoms with Crippen LogP contribution in [0.4, 0.5) is 18.9 Å². The average molecular weight is 482 g/mol. The first-order valence-electron chi connectivity index (χ1n) is 8.75. The van der Waals surface area contributed by atoms with E-state index in [1.54, 1.807) is 12.3 Å². The number of anilines is 1. The fourth-order valence-corrected chi connectivity index (χ4v) is 4.24. The van der Waals surface area contributed by atoms with Crippen molar-refractivity contribution < 1.29 is 26.4 Å². The van der Waals surface area contributed by atoms with Crippen molar-refractivity contribution in [1.82, 2.24) is 19.9 Å². The summed E-state index contributed by atoms with van der Waals surface area (Å²) in [5.41, 5.74) is -1.46. The standard InChI is InChI=1S/C19H11ClF3N5O3S/c20-13-4-3-10(8-12(13)19(21,22)23)32(30,31)28-14-2-1-6-24-16(14)17(29)15-11-5-7-25-18(11)27-9-26-15/h1-9,28H,(H,25,26,27). The summed E-state index contributed by atoms with van der Waals surface area (Å²) in [6.07, 6.45) is -0.875. The Morgan fingerprint density at radius 2 is 1.84 bits per heavy atom. The molecule has 0 aliphatic rings. The van der Waals surface area contributed by atoms with Crippen LogP contribution in [0.15, 0.2) is 60.0 Å². The van der Waals surface area contributed by atoms with Crippen molar-refractivity contribution >= 4 is 44.1 Å². The van der Waals surface area contributed by atoms with Gasteiger partial charge < -0.3 is 4.98 Å². The van der Waals surface area contributed by atoms with Gasteiger partial charge in [0.15, 0.2) is 0 Å². The Labute approximate surface area is 183 Å². The monoisotopic (exact) mass is 481 g/mol. The van der Waals surface area contributed by atoms with Gasteiger partial charge in [0.1, 0.15) is 23.4 Å². The third kappa shape index (κ3) is 4.01. The largest absolute Gasteiger partial charge is 0.417 e. The number of hydrogen-bond donors (Lipinski definition) is 2. The van der Waals surface area contributed by atoms with Gasteiger partial charge in [-0.05, 0) is 36.4 Å². The van der Waals surface area contributed by atoms with Crippen LogP contribution >= 0.6 is 11.6 Å². The van der Waals surface area contributed by atoms with Crippen LogP contribution in [0.2, 0.25) is 5.02 Å². The zero-order valence-corrected chi connectivity index (χ0v) is 17.3. The van der Waals surface area contributed by atoms with Crippen molar-refractivity contribution in [2.45, 2.75) is 11.1 Å². The molecule has 4 rings (SSSR count). The summed E-state index contributed by atoms with van der Waals surface area (Å²) in [4.78, 5) is 27.1. The van der Waals surface area contributed by atoms with Crippen LogP contribution in [0.25, 0.3) is 11.0 Å². The highest BCUT2D eigenvalue weighted by Gasteiger charge is 2.34. The minimum atomic E-state index is -4.85. The van der Waals surface area contributed by atoms with Gasteiger partial charge in [-0.15, -0.1) is 0 Å². The molecule has 32 heavy (non-hydrogen) atoms. The molecule has 4 aromatic rings. The van der Waals surface area contributed by atoms with Crippen molar-refractivity contribution in [3.63, 3.8) is 0 Å². The molecule has 2 N–H and O–H groups in total. The third-order valence-corrected chi connectivity index (χ3v) is 6.08. The van der Waals surface area contributed by atoms with E-state index >= 15 is 0 Å². The van der Waals surface area contributed by atoms with Crippen LogP contribution in [-0.4, -0.2) is 34.1 Å². The first-order valence-corrected chi connectivity index (χ1v) is 10.6. The van der Waals surface area contributed by atoms with Gasteiger partial charge in [-0.3, -0.25) is 14.5 Å². The van der Waals surface area contributed by atoms with Crippen molar-refractivity contribution in [2.24, 2.45) is 0 Å². The van der Waals surface area contributed by atoms with Crippen LogP contribution in [-0.2, 0) is 16.2 Å². The summed E-state index contributed by atoms with van der Waals surface area (Å²) in [6, 6.07) is 6.36. The summed E-state index contributed by atoms with van der Waals surface area (Å²) in [5.74, 6) is -0.706. The van der Waals surface area contributed by atoms with Crippen LogP contribution in [0.5, 0.6) is 0 Å². The van der Waals surface area contributed by atoms with E-state index in [0.717, 1.165) is 18.5 Å². The molecule has 0 unspecified atom stereocenters. The molecule has 0 saturated heterocycles. The second-order valence-corrected chi connectivity index (χ2v) is 8.53. The number of ketones is 1. The zero-order valence-electron chi connectivity index (χ0n) is 15.7. The topological polar surface area (TPSA) is 118 Å². The number of benzene rings is 1. The van der Waals surface area contributed by atoms with Crippen molar-refractivity contribution in [3.05, 3.63) is 77.1 Å². The molecule has 3 heterocycles. The first kappa shape index (κ1) is 21.7. The fraction of sp³-hybridized carbons (Fsp3) is 0.0526. The Morgan fingerprint density at radius 1 is 1.06 bits per heavy atom. The number of sulfonamides is 1. The van der Waals surface area contributed by atoms with Gasteiger partial charge in [-0.25, -0.2) is 18.4 Å². The molecular formula is C19H11ClF3N5O3S. The van der Waals surface area contributed by atoms with Gasteiger partial charge in [0.25, 0.3) is 10.0 Å². The minimum Gasteiger partial charge on any atom is -0.346 e. The maximum atomic E-state index is 13.1. The number of pyridine rings is 1. The maximum absolute atomic E-state index is 13.1. The number of nitrogens with zero attached hydrogens (tertiary/aromatic N) is 3. The SMILES string of the molecule is O=C(c1ncccc1NS(=O)(=O)c1ccc(Cl)c(C(F)(F)F)c1)c1ncnc2[nH]ccc12. The van der Waals surface area contributed by atoms with E-state index in [9.17, 15) is 26.4 Å². The molecule has 13 heteroatoms. The number of aromatic amines is 1. The third-order valence-electron chi connectivity index (χ3n) is 4.39. The highest BCUT2D eigenvalue weighted by molar-refractivity contribution is 7.92. The van der Waals surface area contributed by atoms with Gasteiger partial charge in [-0.2, -0.15) is 13.2 Å². The lowest BCUT2D eigenvalue weighted by molar-refractivity contribution is -0.137. The van der Waals surface area contributed by atoms with Crippen LogP contribution in [0, 0.1) is 0 Å². The van der Waals surface area contributed by atoms with E-state index in [-0.39, 0.29) is 17.1 Å². The summed E-state index contributed by atoms with van der Waals surface area (Å²) in [6.45, 7) is 0. The number of fused-ring (bicyclic) bond motifs is 1. The molecule has 0 amide bonds. The van der Waals surface area contributed by atoms with Crippen molar-refractivity contribution in [2.75, 3.05) is 4.72 Å². The second-order valence-electron chi connectivity index (χ2n) is 6.44. The number of hydrogen-bond acceptors (Lipinski definition) is 6. The quantitative estimate of drug-likeness (QED) is 0.415. The smallest absolute Gasteiger partial charge is 0.346 e. The fourth-order valence-electron chi connectivity index (χ4n) is 2.93. The van der Waals surface area contributed by atoms with Crippen LogP contribution < -0.4 is 4.72 Å². The van der Waals surface area contributed by atoms with E-state index in [4.69, 9.17) is 11.6 Å². The summed E-state index contributed by atoms with van der Waals surface area (Å²) in [7, 11) is -4.52. The van der Waals surface area contributed by atoms with E-state index in [0.29, 0.717) is 17.1 Å². The molecule has 0 spiro atoms. The Balaban J connectivity index is 1.74. The normalized spacial score (nSPS) is 12.1. The van der Waals surface area contributed by atoms with E-state index < -0.39 is 37.5 Å². The Morgan fingerprint density at radius 3 is 2.59 bits per heavy atom. The molecule has 1 aromatic carbocycles. The summed E-state index contributed by atoms with van der Waals surface area (Å²) < 4.78 is 67.1. The van der Waals surface area contributed by atoms with E-state index in [1.807, 2.05) is 0 Å². The number of carbonyl (C=O) groups excluding carboxylic acids is 1. The lowest BCUT2D eigenvalue weighted by Gasteiger charge is -2.14. The summed E-state index contributed by atoms with van der Waals surface area (Å²) >= 11 is 5.56. The Kier molecular flexibility index (Phi) is 5.34. The second kappa shape index (κ2) is 7.88. The molecule has 164 valence electrons. The molecule has 0 radical (unpaired) electrons. The number of aromatic nitrogens is 4. The highest BCUT2D eigenvalue weighted by Crippen LogP contribution is 2.36. The predicted molar refractivity (Wildman–Crippen MR) is 109 cm³/mol. The molecule has 8 nitrogen and oxygen atoms in total. The molecule has 0 atom stereocenters. The number of halogens is 4. The Bertz CT molecular complexity index is 1450.